The van der Waals surface area contributed by atoms with Gasteiger partial charge in [0.15, 0.2) is 5.79 Å². The maximum atomic E-state index is 13.6. The molecule has 0 unspecified atom stereocenters. The lowest BCUT2D eigenvalue weighted by molar-refractivity contribution is -0.273. The minimum atomic E-state index is -0.387. The van der Waals surface area contributed by atoms with Crippen molar-refractivity contribution in [2.45, 2.75) is 116 Å². The summed E-state index contributed by atoms with van der Waals surface area (Å²) in [7, 11) is 0. The Balaban J connectivity index is 1.06. The topological polar surface area (TPSA) is 54.0 Å². The molecule has 5 heteroatoms. The van der Waals surface area contributed by atoms with E-state index < -0.39 is 0 Å². The summed E-state index contributed by atoms with van der Waals surface area (Å²) in [5.74, 6) is 3.07. The first-order valence-corrected chi connectivity index (χ1v) is 18.4. The van der Waals surface area contributed by atoms with Gasteiger partial charge in [0.2, 0.25) is 0 Å². The average molecular weight is 627 g/mol. The van der Waals surface area contributed by atoms with Crippen LogP contribution in [0.2, 0.25) is 0 Å². The van der Waals surface area contributed by atoms with Gasteiger partial charge in [-0.05, 0) is 109 Å². The highest BCUT2D eigenvalue weighted by molar-refractivity contribution is 5.89. The molecule has 1 spiro atoms. The Labute approximate surface area is 276 Å². The van der Waals surface area contributed by atoms with Crippen LogP contribution in [0.4, 0.5) is 0 Å². The zero-order valence-electron chi connectivity index (χ0n) is 28.4. The highest BCUT2D eigenvalue weighted by atomic mass is 16.7. The van der Waals surface area contributed by atoms with Gasteiger partial charge in [-0.2, -0.15) is 0 Å². The van der Waals surface area contributed by atoms with Crippen molar-refractivity contribution in [2.24, 2.45) is 52.3 Å². The molecule has 0 aromatic heterocycles. The Kier molecular flexibility index (Phi) is 7.93. The summed E-state index contributed by atoms with van der Waals surface area (Å²) in [6, 6.07) is 20.1. The number of carbonyl (C=O) groups excluding carboxylic acids is 1. The van der Waals surface area contributed by atoms with Gasteiger partial charge < -0.3 is 18.9 Å². The monoisotopic (exact) mass is 626 g/mol. The van der Waals surface area contributed by atoms with Crippen LogP contribution in [0.15, 0.2) is 60.7 Å². The lowest BCUT2D eigenvalue weighted by Crippen LogP contribution is -2.59. The van der Waals surface area contributed by atoms with Gasteiger partial charge in [-0.3, -0.25) is 0 Å². The summed E-state index contributed by atoms with van der Waals surface area (Å²) in [6.07, 6.45) is 10.4. The van der Waals surface area contributed by atoms with Crippen molar-refractivity contribution in [1.82, 2.24) is 0 Å². The highest BCUT2D eigenvalue weighted by Crippen LogP contribution is 2.71. The van der Waals surface area contributed by atoms with Crippen LogP contribution in [0.25, 0.3) is 0 Å². The molecule has 0 N–H and O–H groups in total. The SMILES string of the molecule is C[C@@H]1CC[C@@]2(OC1)O[C@H]1C[C@H]3[C@@H]4C[C@@H](OC(=O)c5ccccc5)[C@H]5C[C@@H](OCc6ccccc6)CC[C@]5(C)[C@H]4CC[C@]3(C)[C@H]1[C@@H]2C. The van der Waals surface area contributed by atoms with Gasteiger partial charge in [0.05, 0.1) is 31.0 Å². The van der Waals surface area contributed by atoms with Crippen molar-refractivity contribution >= 4 is 5.97 Å². The Morgan fingerprint density at radius 1 is 0.826 bits per heavy atom. The molecular formula is C41H54O5. The minimum absolute atomic E-state index is 0.0993. The van der Waals surface area contributed by atoms with Gasteiger partial charge in [0, 0.05) is 18.3 Å². The molecular weight excluding hydrogens is 572 g/mol. The van der Waals surface area contributed by atoms with E-state index in [0.29, 0.717) is 53.6 Å². The van der Waals surface area contributed by atoms with Gasteiger partial charge in [0.25, 0.3) is 0 Å². The molecule has 46 heavy (non-hydrogen) atoms. The second kappa shape index (κ2) is 11.7. The van der Waals surface area contributed by atoms with Crippen LogP contribution in [0.1, 0.15) is 101 Å². The molecule has 4 saturated carbocycles. The zero-order valence-corrected chi connectivity index (χ0v) is 28.4. The van der Waals surface area contributed by atoms with Gasteiger partial charge in [-0.15, -0.1) is 0 Å². The first-order valence-electron chi connectivity index (χ1n) is 18.4. The van der Waals surface area contributed by atoms with Crippen LogP contribution >= 0.6 is 0 Å². The molecule has 248 valence electrons. The van der Waals surface area contributed by atoms with E-state index >= 15 is 0 Å². The van der Waals surface area contributed by atoms with Gasteiger partial charge in [-0.25, -0.2) is 4.79 Å². The number of esters is 1. The van der Waals surface area contributed by atoms with Crippen LogP contribution in [-0.4, -0.2) is 36.7 Å². The first-order chi connectivity index (χ1) is 22.2. The van der Waals surface area contributed by atoms with Crippen molar-refractivity contribution < 1.29 is 23.7 Å². The lowest BCUT2D eigenvalue weighted by atomic mass is 9.43. The largest absolute Gasteiger partial charge is 0.458 e. The Hall–Kier alpha value is -2.21. The third-order valence-electron chi connectivity index (χ3n) is 14.5. The normalized spacial score (nSPS) is 46.2. The smallest absolute Gasteiger partial charge is 0.338 e. The predicted molar refractivity (Wildman–Crippen MR) is 178 cm³/mol. The van der Waals surface area contributed by atoms with Gasteiger partial charge in [0.1, 0.15) is 6.10 Å². The third kappa shape index (κ3) is 5.01. The second-order valence-electron chi connectivity index (χ2n) is 16.7. The van der Waals surface area contributed by atoms with Gasteiger partial charge >= 0.3 is 5.97 Å². The van der Waals surface area contributed by atoms with E-state index in [-0.39, 0.29) is 40.9 Å². The summed E-state index contributed by atoms with van der Waals surface area (Å²) in [5.41, 5.74) is 2.23. The molecule has 4 aliphatic carbocycles. The molecule has 2 aromatic rings. The summed E-state index contributed by atoms with van der Waals surface area (Å²) < 4.78 is 26.8. The molecule has 2 aromatic carbocycles. The van der Waals surface area contributed by atoms with Crippen molar-refractivity contribution in [3.05, 3.63) is 71.8 Å². The maximum Gasteiger partial charge on any atom is 0.338 e. The van der Waals surface area contributed by atoms with Crippen molar-refractivity contribution in [3.8, 4) is 0 Å². The van der Waals surface area contributed by atoms with Crippen LogP contribution in [0, 0.1) is 52.3 Å². The fraction of sp³-hybridized carbons (Fsp3) is 0.683. The number of hydrogen-bond acceptors (Lipinski definition) is 5. The van der Waals surface area contributed by atoms with Crippen LogP contribution in [0.5, 0.6) is 0 Å². The Morgan fingerprint density at radius 2 is 1.57 bits per heavy atom. The van der Waals surface area contributed by atoms with Crippen LogP contribution in [-0.2, 0) is 25.6 Å². The maximum absolute atomic E-state index is 13.6. The predicted octanol–water partition coefficient (Wildman–Crippen LogP) is 8.85. The number of hydrogen-bond donors (Lipinski definition) is 0. The van der Waals surface area contributed by atoms with E-state index in [1.165, 1.54) is 24.8 Å². The molecule has 5 nitrogen and oxygen atoms in total. The summed E-state index contributed by atoms with van der Waals surface area (Å²) in [5, 5.41) is 0. The molecule has 6 aliphatic rings. The minimum Gasteiger partial charge on any atom is -0.458 e. The highest BCUT2D eigenvalue weighted by Gasteiger charge is 2.70. The van der Waals surface area contributed by atoms with E-state index in [2.05, 4.69) is 58.0 Å². The molecule has 2 aliphatic heterocycles. The van der Waals surface area contributed by atoms with E-state index in [0.717, 1.165) is 45.1 Å². The molecule has 0 radical (unpaired) electrons. The van der Waals surface area contributed by atoms with E-state index in [9.17, 15) is 4.79 Å². The fourth-order valence-electron chi connectivity index (χ4n) is 12.1. The average Bonchev–Trinajstić information content (AvgIpc) is 3.52. The fourth-order valence-corrected chi connectivity index (χ4v) is 12.1. The van der Waals surface area contributed by atoms with E-state index in [1.807, 2.05) is 30.3 Å². The second-order valence-corrected chi connectivity index (χ2v) is 16.7. The number of ether oxygens (including phenoxy) is 4. The van der Waals surface area contributed by atoms with Gasteiger partial charge in [-0.1, -0.05) is 76.2 Å². The number of fused-ring (bicyclic) bond motifs is 7. The lowest BCUT2D eigenvalue weighted by Gasteiger charge is -2.62. The molecule has 0 bridgehead atoms. The van der Waals surface area contributed by atoms with Crippen molar-refractivity contribution in [1.29, 1.82) is 0 Å². The summed E-state index contributed by atoms with van der Waals surface area (Å²) in [6.45, 7) is 11.3. The Bertz CT molecular complexity index is 1390. The molecule has 2 heterocycles. The van der Waals surface area contributed by atoms with Crippen LogP contribution in [0.3, 0.4) is 0 Å². The first kappa shape index (κ1) is 31.1. The zero-order chi connectivity index (χ0) is 31.7. The molecule has 6 fully saturated rings. The van der Waals surface area contributed by atoms with Crippen LogP contribution < -0.4 is 0 Å². The Morgan fingerprint density at radius 3 is 2.30 bits per heavy atom. The quantitative estimate of drug-likeness (QED) is 0.311. The van der Waals surface area contributed by atoms with Crippen molar-refractivity contribution in [2.75, 3.05) is 6.61 Å². The number of rotatable bonds is 5. The molecule has 8 rings (SSSR count). The molecule has 2 saturated heterocycles. The third-order valence-corrected chi connectivity index (χ3v) is 14.5. The molecule has 13 atom stereocenters. The number of benzene rings is 2. The standard InChI is InChI=1S/C41H54O5/c1-26-15-20-41(44-24-26)27(2)37-36(46-41)23-33-31-22-35(45-38(42)29-13-9-6-10-14-29)34-21-30(43-25-28-11-7-5-8-12-28)16-18-39(34,3)32(31)17-19-40(33,37)4/h5-14,26-27,30-37H,15-25H2,1-4H3/t26-,27+,30+,31-,32+,33+,34-,35-,36+,37+,39-,40+,41-/m1/s1. The van der Waals surface area contributed by atoms with Crippen molar-refractivity contribution in [3.63, 3.8) is 0 Å². The summed E-state index contributed by atoms with van der Waals surface area (Å²) >= 11 is 0. The number of carbonyl (C=O) groups is 1. The summed E-state index contributed by atoms with van der Waals surface area (Å²) in [4.78, 5) is 13.6. The molecule has 0 amide bonds. The van der Waals surface area contributed by atoms with E-state index in [1.54, 1.807) is 0 Å². The van der Waals surface area contributed by atoms with E-state index in [4.69, 9.17) is 18.9 Å².